The smallest absolute Gasteiger partial charge is 0.0894 e. The van der Waals surface area contributed by atoms with Crippen molar-refractivity contribution in [3.63, 3.8) is 0 Å². The van der Waals surface area contributed by atoms with Crippen LogP contribution in [-0.2, 0) is 5.11 Å². The van der Waals surface area contributed by atoms with E-state index in [0.717, 1.165) is 0 Å². The summed E-state index contributed by atoms with van der Waals surface area (Å²) < 4.78 is 0. The zero-order valence-corrected chi connectivity index (χ0v) is 4.00. The van der Waals surface area contributed by atoms with Crippen LogP contribution in [0.3, 0.4) is 0 Å². The molecule has 3 nitrogen and oxygen atoms in total. The van der Waals surface area contributed by atoms with E-state index >= 15 is 0 Å². The van der Waals surface area contributed by atoms with E-state index in [1.807, 2.05) is 0 Å². The summed E-state index contributed by atoms with van der Waals surface area (Å²) in [6.07, 6.45) is 0. The van der Waals surface area contributed by atoms with E-state index in [2.05, 4.69) is 0 Å². The van der Waals surface area contributed by atoms with Crippen molar-refractivity contribution in [2.45, 2.75) is 0 Å². The summed E-state index contributed by atoms with van der Waals surface area (Å²) in [7, 11) is 0. The molecule has 1 radical (unpaired) electrons. The van der Waals surface area contributed by atoms with Crippen molar-refractivity contribution in [3.8, 4) is 0 Å². The number of rotatable bonds is 3. The zero-order chi connectivity index (χ0) is 5.70. The molecule has 0 aromatic carbocycles. The van der Waals surface area contributed by atoms with Gasteiger partial charge in [-0.3, -0.25) is 0 Å². The maximum absolute atomic E-state index is 9.77. The largest absolute Gasteiger partial charge is 0.396 e. The predicted molar refractivity (Wildman–Crippen MR) is 23.2 cm³/mol. The van der Waals surface area contributed by atoms with E-state index in [4.69, 9.17) is 10.2 Å². The van der Waals surface area contributed by atoms with E-state index < -0.39 is 12.5 Å². The van der Waals surface area contributed by atoms with Gasteiger partial charge in [0.25, 0.3) is 0 Å². The van der Waals surface area contributed by atoms with Crippen LogP contribution >= 0.6 is 0 Å². The molecule has 0 bridgehead atoms. The van der Waals surface area contributed by atoms with Gasteiger partial charge in [0.1, 0.15) is 0 Å². The van der Waals surface area contributed by atoms with Gasteiger partial charge in [0.05, 0.1) is 19.8 Å². The summed E-state index contributed by atoms with van der Waals surface area (Å²) in [5, 5.41) is 26.1. The van der Waals surface area contributed by atoms with Crippen LogP contribution < -0.4 is 0 Å². The van der Waals surface area contributed by atoms with E-state index in [9.17, 15) is 5.11 Å². The van der Waals surface area contributed by atoms with Crippen LogP contribution in [0.5, 0.6) is 0 Å². The molecule has 0 atom stereocenters. The summed E-state index contributed by atoms with van der Waals surface area (Å²) in [6.45, 7) is -0.812. The monoisotopic (exact) mass is 105 g/mol. The Kier molecular flexibility index (Phi) is 3.98. The lowest BCUT2D eigenvalue weighted by Crippen LogP contribution is -2.13. The third-order valence-corrected chi connectivity index (χ3v) is 0.752. The van der Waals surface area contributed by atoms with Crippen LogP contribution in [-0.4, -0.2) is 30.0 Å². The van der Waals surface area contributed by atoms with Crippen LogP contribution in [0.4, 0.5) is 0 Å². The highest BCUT2D eigenvalue weighted by atomic mass is 16.3. The SMILES string of the molecule is [O]CC(CO)CO. The molecular formula is C4H9O3. The Morgan fingerprint density at radius 2 is 1.71 bits per heavy atom. The van der Waals surface area contributed by atoms with E-state index in [-0.39, 0.29) is 13.2 Å². The second-order valence-electron chi connectivity index (χ2n) is 1.40. The molecule has 0 saturated heterocycles. The normalized spacial score (nSPS) is 10.3. The molecule has 7 heavy (non-hydrogen) atoms. The molecule has 3 heteroatoms. The van der Waals surface area contributed by atoms with Gasteiger partial charge in [0.2, 0.25) is 0 Å². The predicted octanol–water partition coefficient (Wildman–Crippen LogP) is -0.982. The van der Waals surface area contributed by atoms with Gasteiger partial charge in [0.15, 0.2) is 0 Å². The minimum Gasteiger partial charge on any atom is -0.396 e. The summed E-state index contributed by atoms with van der Waals surface area (Å²) in [4.78, 5) is 0. The van der Waals surface area contributed by atoms with Crippen molar-refractivity contribution in [1.82, 2.24) is 0 Å². The van der Waals surface area contributed by atoms with Gasteiger partial charge in [-0.05, 0) is 0 Å². The second-order valence-corrected chi connectivity index (χ2v) is 1.40. The van der Waals surface area contributed by atoms with Crippen LogP contribution in [0.1, 0.15) is 0 Å². The van der Waals surface area contributed by atoms with Crippen molar-refractivity contribution in [1.29, 1.82) is 0 Å². The molecule has 0 fully saturated rings. The number of hydrogen-bond donors (Lipinski definition) is 2. The molecule has 0 aliphatic heterocycles. The molecule has 0 amide bonds. The Labute approximate surface area is 42.2 Å². The number of aliphatic hydroxyl groups excluding tert-OH is 2. The molecular weight excluding hydrogens is 96.0 g/mol. The Morgan fingerprint density at radius 3 is 1.71 bits per heavy atom. The molecule has 43 valence electrons. The molecule has 0 saturated carbocycles. The zero-order valence-electron chi connectivity index (χ0n) is 4.00. The van der Waals surface area contributed by atoms with Gasteiger partial charge in [0, 0.05) is 5.92 Å². The lowest BCUT2D eigenvalue weighted by molar-refractivity contribution is 0.0634. The van der Waals surface area contributed by atoms with Gasteiger partial charge >= 0.3 is 0 Å². The van der Waals surface area contributed by atoms with Gasteiger partial charge in [-0.2, -0.15) is 0 Å². The fourth-order valence-electron chi connectivity index (χ4n) is 0.163. The van der Waals surface area contributed by atoms with E-state index in [0.29, 0.717) is 0 Å². The molecule has 2 N–H and O–H groups in total. The van der Waals surface area contributed by atoms with Crippen molar-refractivity contribution in [2.75, 3.05) is 19.8 Å². The highest BCUT2D eigenvalue weighted by Crippen LogP contribution is 1.88. The molecule has 0 heterocycles. The van der Waals surface area contributed by atoms with Gasteiger partial charge in [-0.15, -0.1) is 0 Å². The third-order valence-electron chi connectivity index (χ3n) is 0.752. The van der Waals surface area contributed by atoms with Crippen LogP contribution in [0.25, 0.3) is 0 Å². The minimum absolute atomic E-state index is 0.208. The lowest BCUT2D eigenvalue weighted by atomic mass is 10.2. The highest BCUT2D eigenvalue weighted by molar-refractivity contribution is 4.49. The topological polar surface area (TPSA) is 60.4 Å². The first-order chi connectivity index (χ1) is 3.35. The van der Waals surface area contributed by atoms with Gasteiger partial charge in [-0.25, -0.2) is 5.11 Å². The Balaban J connectivity index is 2.99. The molecule has 0 aromatic heterocycles. The first-order valence-electron chi connectivity index (χ1n) is 2.15. The highest BCUT2D eigenvalue weighted by Gasteiger charge is 2.01. The maximum atomic E-state index is 9.77. The molecule has 0 aliphatic rings. The Morgan fingerprint density at radius 1 is 1.29 bits per heavy atom. The first kappa shape index (κ1) is 6.88. The van der Waals surface area contributed by atoms with E-state index in [1.165, 1.54) is 0 Å². The third kappa shape index (κ3) is 2.56. The van der Waals surface area contributed by atoms with Crippen molar-refractivity contribution >= 4 is 0 Å². The second kappa shape index (κ2) is 4.05. The maximum Gasteiger partial charge on any atom is 0.0894 e. The van der Waals surface area contributed by atoms with Crippen LogP contribution in [0, 0.1) is 5.92 Å². The summed E-state index contributed by atoms with van der Waals surface area (Å²) in [5.74, 6) is -0.458. The summed E-state index contributed by atoms with van der Waals surface area (Å²) >= 11 is 0. The lowest BCUT2D eigenvalue weighted by Gasteiger charge is -2.01. The average Bonchev–Trinajstić information content (AvgIpc) is 1.72. The molecule has 0 spiro atoms. The molecule has 0 rings (SSSR count). The van der Waals surface area contributed by atoms with Crippen molar-refractivity contribution in [2.24, 2.45) is 5.92 Å². The average molecular weight is 105 g/mol. The Hall–Kier alpha value is -0.120. The standard InChI is InChI=1S/C4H9O3/c5-1-4(2-6)3-7/h4-6H,1-3H2. The Bertz CT molecular complexity index is 28.4. The van der Waals surface area contributed by atoms with Crippen LogP contribution in [0.15, 0.2) is 0 Å². The van der Waals surface area contributed by atoms with Crippen molar-refractivity contribution < 1.29 is 15.3 Å². The fraction of sp³-hybridized carbons (Fsp3) is 1.00. The minimum atomic E-state index is -0.458. The number of hydrogen-bond acceptors (Lipinski definition) is 2. The number of aliphatic hydroxyl groups is 2. The first-order valence-corrected chi connectivity index (χ1v) is 2.15. The quantitative estimate of drug-likeness (QED) is 0.484. The summed E-state index contributed by atoms with van der Waals surface area (Å²) in [6, 6.07) is 0. The van der Waals surface area contributed by atoms with Gasteiger partial charge < -0.3 is 10.2 Å². The molecule has 0 unspecified atom stereocenters. The summed E-state index contributed by atoms with van der Waals surface area (Å²) in [5.41, 5.74) is 0. The van der Waals surface area contributed by atoms with Gasteiger partial charge in [-0.1, -0.05) is 0 Å². The van der Waals surface area contributed by atoms with Crippen LogP contribution in [0.2, 0.25) is 0 Å². The fourth-order valence-corrected chi connectivity index (χ4v) is 0.163. The van der Waals surface area contributed by atoms with Crippen molar-refractivity contribution in [3.05, 3.63) is 0 Å². The molecule has 0 aliphatic carbocycles. The molecule has 0 aromatic rings. The van der Waals surface area contributed by atoms with E-state index in [1.54, 1.807) is 0 Å².